The number of benzene rings is 1. The SMILES string of the molecule is Cc1nn(C)c(C)c1C(O)c1ccc(C2CCC2)cc1. The van der Waals surface area contributed by atoms with Crippen LogP contribution in [0.2, 0.25) is 0 Å². The summed E-state index contributed by atoms with van der Waals surface area (Å²) in [7, 11) is 1.91. The predicted octanol–water partition coefficient (Wildman–Crippen LogP) is 3.39. The average molecular weight is 270 g/mol. The Hall–Kier alpha value is -1.61. The highest BCUT2D eigenvalue weighted by atomic mass is 16.3. The van der Waals surface area contributed by atoms with Gasteiger partial charge in [-0.15, -0.1) is 0 Å². The number of nitrogens with zero attached hydrogens (tertiary/aromatic N) is 2. The number of aliphatic hydroxyl groups excluding tert-OH is 1. The number of rotatable bonds is 3. The van der Waals surface area contributed by atoms with Crippen molar-refractivity contribution in [1.82, 2.24) is 9.78 Å². The van der Waals surface area contributed by atoms with E-state index in [2.05, 4.69) is 29.4 Å². The van der Waals surface area contributed by atoms with E-state index in [1.807, 2.05) is 25.6 Å². The Morgan fingerprint density at radius 2 is 1.85 bits per heavy atom. The average Bonchev–Trinajstić information content (AvgIpc) is 2.61. The molecule has 1 aliphatic carbocycles. The fraction of sp³-hybridized carbons (Fsp3) is 0.471. The molecule has 1 atom stereocenters. The fourth-order valence-corrected chi connectivity index (χ4v) is 3.04. The van der Waals surface area contributed by atoms with Crippen molar-refractivity contribution >= 4 is 0 Å². The van der Waals surface area contributed by atoms with E-state index >= 15 is 0 Å². The van der Waals surface area contributed by atoms with Gasteiger partial charge in [-0.3, -0.25) is 4.68 Å². The first-order valence-corrected chi connectivity index (χ1v) is 7.36. The van der Waals surface area contributed by atoms with Crippen molar-refractivity contribution in [2.24, 2.45) is 7.05 Å². The lowest BCUT2D eigenvalue weighted by molar-refractivity contribution is 0.218. The van der Waals surface area contributed by atoms with Crippen LogP contribution in [0.3, 0.4) is 0 Å². The molecule has 1 aromatic carbocycles. The standard InChI is InChI=1S/C17H22N2O/c1-11-16(12(2)19(3)18-11)17(20)15-9-7-14(8-10-15)13-5-4-6-13/h7-10,13,17,20H,4-6H2,1-3H3. The van der Waals surface area contributed by atoms with Crippen molar-refractivity contribution in [2.45, 2.75) is 45.1 Å². The Balaban J connectivity index is 1.88. The summed E-state index contributed by atoms with van der Waals surface area (Å²) in [6.45, 7) is 3.95. The molecule has 1 fully saturated rings. The minimum Gasteiger partial charge on any atom is -0.384 e. The van der Waals surface area contributed by atoms with Gasteiger partial charge in [0.05, 0.1) is 5.69 Å². The lowest BCUT2D eigenvalue weighted by Gasteiger charge is -2.26. The lowest BCUT2D eigenvalue weighted by Crippen LogP contribution is -2.09. The Bertz CT molecular complexity index is 609. The van der Waals surface area contributed by atoms with Crippen LogP contribution in [0.25, 0.3) is 0 Å². The van der Waals surface area contributed by atoms with Crippen LogP contribution in [0.15, 0.2) is 24.3 Å². The van der Waals surface area contributed by atoms with Crippen LogP contribution >= 0.6 is 0 Å². The summed E-state index contributed by atoms with van der Waals surface area (Å²) in [6, 6.07) is 8.46. The molecule has 2 aromatic rings. The van der Waals surface area contributed by atoms with Gasteiger partial charge in [0, 0.05) is 18.3 Å². The highest BCUT2D eigenvalue weighted by Crippen LogP contribution is 2.37. The Kier molecular flexibility index (Phi) is 3.38. The van der Waals surface area contributed by atoms with Crippen LogP contribution in [0.1, 0.15) is 59.4 Å². The molecule has 0 saturated heterocycles. The molecule has 20 heavy (non-hydrogen) atoms. The summed E-state index contributed by atoms with van der Waals surface area (Å²) in [5.41, 5.74) is 5.22. The van der Waals surface area contributed by atoms with E-state index in [1.54, 1.807) is 0 Å². The summed E-state index contributed by atoms with van der Waals surface area (Å²) >= 11 is 0. The summed E-state index contributed by atoms with van der Waals surface area (Å²) in [5.74, 6) is 0.739. The maximum atomic E-state index is 10.6. The van der Waals surface area contributed by atoms with Crippen LogP contribution < -0.4 is 0 Å². The van der Waals surface area contributed by atoms with Crippen LogP contribution in [0.5, 0.6) is 0 Å². The van der Waals surface area contributed by atoms with E-state index in [4.69, 9.17) is 0 Å². The minimum atomic E-state index is -0.584. The van der Waals surface area contributed by atoms with E-state index in [9.17, 15) is 5.11 Å². The molecule has 1 saturated carbocycles. The zero-order valence-corrected chi connectivity index (χ0v) is 12.4. The van der Waals surface area contributed by atoms with Crippen LogP contribution in [-0.4, -0.2) is 14.9 Å². The number of hydrogen-bond acceptors (Lipinski definition) is 2. The number of hydrogen-bond donors (Lipinski definition) is 1. The molecule has 1 unspecified atom stereocenters. The topological polar surface area (TPSA) is 38.0 Å². The van der Waals surface area contributed by atoms with Gasteiger partial charge in [0.2, 0.25) is 0 Å². The largest absolute Gasteiger partial charge is 0.384 e. The molecule has 0 amide bonds. The van der Waals surface area contributed by atoms with Crippen LogP contribution in [0, 0.1) is 13.8 Å². The highest BCUT2D eigenvalue weighted by molar-refractivity contribution is 5.37. The van der Waals surface area contributed by atoms with Crippen LogP contribution in [-0.2, 0) is 7.05 Å². The van der Waals surface area contributed by atoms with Gasteiger partial charge in [-0.25, -0.2) is 0 Å². The van der Waals surface area contributed by atoms with Gasteiger partial charge in [-0.1, -0.05) is 30.7 Å². The monoisotopic (exact) mass is 270 g/mol. The zero-order chi connectivity index (χ0) is 14.3. The summed E-state index contributed by atoms with van der Waals surface area (Å²) < 4.78 is 1.83. The number of aromatic nitrogens is 2. The first-order valence-electron chi connectivity index (χ1n) is 7.36. The second-order valence-corrected chi connectivity index (χ2v) is 5.91. The maximum Gasteiger partial charge on any atom is 0.108 e. The molecular weight excluding hydrogens is 248 g/mol. The highest BCUT2D eigenvalue weighted by Gasteiger charge is 2.22. The van der Waals surface area contributed by atoms with Gasteiger partial charge in [0.25, 0.3) is 0 Å². The third-order valence-corrected chi connectivity index (χ3v) is 4.67. The Labute approximate surface area is 120 Å². The molecule has 3 heteroatoms. The van der Waals surface area contributed by atoms with Crippen molar-refractivity contribution in [2.75, 3.05) is 0 Å². The van der Waals surface area contributed by atoms with Crippen molar-refractivity contribution in [3.63, 3.8) is 0 Å². The van der Waals surface area contributed by atoms with E-state index in [-0.39, 0.29) is 0 Å². The second kappa shape index (κ2) is 5.06. The summed E-state index contributed by atoms with van der Waals surface area (Å²) in [6.07, 6.45) is 3.38. The second-order valence-electron chi connectivity index (χ2n) is 5.91. The van der Waals surface area contributed by atoms with Gasteiger partial charge in [0.1, 0.15) is 6.10 Å². The van der Waals surface area contributed by atoms with E-state index in [0.29, 0.717) is 0 Å². The van der Waals surface area contributed by atoms with Crippen LogP contribution in [0.4, 0.5) is 0 Å². The molecule has 1 N–H and O–H groups in total. The molecule has 0 bridgehead atoms. The van der Waals surface area contributed by atoms with Gasteiger partial charge >= 0.3 is 0 Å². The third kappa shape index (κ3) is 2.16. The van der Waals surface area contributed by atoms with Crippen molar-refractivity contribution < 1.29 is 5.11 Å². The Morgan fingerprint density at radius 1 is 1.20 bits per heavy atom. The molecule has 0 spiro atoms. The van der Waals surface area contributed by atoms with E-state index in [1.165, 1.54) is 24.8 Å². The third-order valence-electron chi connectivity index (χ3n) is 4.67. The first-order chi connectivity index (χ1) is 9.58. The number of aliphatic hydroxyl groups is 1. The van der Waals surface area contributed by atoms with Gasteiger partial charge in [-0.05, 0) is 43.7 Å². The van der Waals surface area contributed by atoms with Gasteiger partial charge < -0.3 is 5.11 Å². The molecule has 3 rings (SSSR count). The van der Waals surface area contributed by atoms with E-state index in [0.717, 1.165) is 28.4 Å². The van der Waals surface area contributed by atoms with Crippen molar-refractivity contribution in [1.29, 1.82) is 0 Å². The predicted molar refractivity (Wildman–Crippen MR) is 79.8 cm³/mol. The summed E-state index contributed by atoms with van der Waals surface area (Å²) in [4.78, 5) is 0. The number of aryl methyl sites for hydroxylation is 2. The summed E-state index contributed by atoms with van der Waals surface area (Å²) in [5, 5.41) is 15.0. The zero-order valence-electron chi connectivity index (χ0n) is 12.4. The molecule has 1 heterocycles. The maximum absolute atomic E-state index is 10.6. The van der Waals surface area contributed by atoms with E-state index < -0.39 is 6.10 Å². The van der Waals surface area contributed by atoms with Crippen molar-refractivity contribution in [3.05, 3.63) is 52.3 Å². The molecule has 3 nitrogen and oxygen atoms in total. The lowest BCUT2D eigenvalue weighted by atomic mass is 9.80. The smallest absolute Gasteiger partial charge is 0.108 e. The normalized spacial score (nSPS) is 17.0. The Morgan fingerprint density at radius 3 is 2.30 bits per heavy atom. The minimum absolute atomic E-state index is 0.584. The molecule has 0 radical (unpaired) electrons. The van der Waals surface area contributed by atoms with Gasteiger partial charge in [-0.2, -0.15) is 5.10 Å². The first kappa shape index (κ1) is 13.4. The van der Waals surface area contributed by atoms with Crippen molar-refractivity contribution in [3.8, 4) is 0 Å². The molecular formula is C17H22N2O. The molecule has 1 aliphatic rings. The molecule has 106 valence electrons. The quantitative estimate of drug-likeness (QED) is 0.928. The fourth-order valence-electron chi connectivity index (χ4n) is 3.04. The molecule has 0 aliphatic heterocycles. The van der Waals surface area contributed by atoms with Gasteiger partial charge in [0.15, 0.2) is 0 Å². The molecule has 1 aromatic heterocycles.